The van der Waals surface area contributed by atoms with Crippen LogP contribution in [-0.4, -0.2) is 105 Å². The summed E-state index contributed by atoms with van der Waals surface area (Å²) in [5.41, 5.74) is 18.5. The van der Waals surface area contributed by atoms with Crippen molar-refractivity contribution in [1.82, 2.24) is 35.3 Å². The molecule has 1 spiro atoms. The summed E-state index contributed by atoms with van der Waals surface area (Å²) in [5.74, 6) is 3.39. The minimum Gasteiger partial charge on any atom is -0.507 e. The number of carbonyl (C=O) groups is 3. The third-order valence-electron chi connectivity index (χ3n) is 14.9. The van der Waals surface area contributed by atoms with Gasteiger partial charge in [-0.15, -0.1) is 17.8 Å². The van der Waals surface area contributed by atoms with Crippen LogP contribution in [0.3, 0.4) is 0 Å². The van der Waals surface area contributed by atoms with Gasteiger partial charge < -0.3 is 51.8 Å². The van der Waals surface area contributed by atoms with Crippen LogP contribution in [0.2, 0.25) is 0 Å². The van der Waals surface area contributed by atoms with Crippen LogP contribution >= 0.6 is 11.3 Å². The van der Waals surface area contributed by atoms with Crippen molar-refractivity contribution in [2.45, 2.75) is 109 Å². The highest BCUT2D eigenvalue weighted by Crippen LogP contribution is 2.51. The number of urea groups is 1. The molecule has 8 N–H and O–H groups in total. The SMILES string of the molecule is C#Cc1ccc(CNC(=O)C2CCCN2C(=O)C(NC(=O)N2CC3(CC(N4CCC(c5cnc(N6CCc7[nH]c(N)c(/C=C(\N)c8ccccc8O)c7C6C)s5)CC4)C3)C2)C(C)(C)C)cc1. The smallest absolute Gasteiger partial charge is 0.318 e. The Bertz CT molecular complexity index is 2530. The summed E-state index contributed by atoms with van der Waals surface area (Å²) < 4.78 is 0. The fourth-order valence-electron chi connectivity index (χ4n) is 11.1. The van der Waals surface area contributed by atoms with Gasteiger partial charge in [0.1, 0.15) is 23.7 Å². The zero-order chi connectivity index (χ0) is 46.5. The topological polar surface area (TPSA) is 189 Å². The summed E-state index contributed by atoms with van der Waals surface area (Å²) in [5, 5.41) is 17.5. The van der Waals surface area contributed by atoms with E-state index in [-0.39, 0.29) is 35.1 Å². The minimum absolute atomic E-state index is 0.0341. The lowest BCUT2D eigenvalue weighted by molar-refractivity contribution is -0.142. The number of piperidine rings is 1. The molecule has 66 heavy (non-hydrogen) atoms. The van der Waals surface area contributed by atoms with Crippen molar-refractivity contribution in [1.29, 1.82) is 0 Å². The molecule has 1 aliphatic carbocycles. The standard InChI is InChI=1S/C51H64N10O4S/c1-6-32-13-15-33(16-14-32)27-54-46(63)40-11-9-20-61(40)47(64)44(50(3,4)5)57-48(65)59-29-51(30-59)25-35(26-51)58-21-17-34(18-22-58)42-28-55-49(66-42)60-23-19-39-43(31(60)2)37(45(53)56-39)24-38(52)36-10-7-8-12-41(36)62/h1,7-8,10,12-16,24,28,31,34-35,40,44,56,62H,9,11,17-23,25-27,29-30,52-53H2,2-5H3,(H,54,63)(H,57,65)/b38-24-. The van der Waals surface area contributed by atoms with Crippen molar-refractivity contribution >= 4 is 51.9 Å². The number of H-pyrrole nitrogens is 1. The summed E-state index contributed by atoms with van der Waals surface area (Å²) in [4.78, 5) is 59.4. The monoisotopic (exact) mass is 912 g/mol. The normalized spacial score (nSPS) is 21.7. The van der Waals surface area contributed by atoms with Crippen molar-refractivity contribution in [3.05, 3.63) is 93.1 Å². The molecule has 4 fully saturated rings. The number of hydrogen-bond acceptors (Lipinski definition) is 10. The van der Waals surface area contributed by atoms with E-state index in [2.05, 4.69) is 44.5 Å². The number of carbonyl (C=O) groups excluding carboxylic acids is 3. The number of fused-ring (bicyclic) bond motifs is 1. The number of thiazole rings is 1. The molecule has 15 heteroatoms. The van der Waals surface area contributed by atoms with Crippen LogP contribution in [0.25, 0.3) is 11.8 Å². The molecular weight excluding hydrogens is 849 g/mol. The van der Waals surface area contributed by atoms with Gasteiger partial charge >= 0.3 is 6.03 Å². The van der Waals surface area contributed by atoms with Crippen molar-refractivity contribution < 1.29 is 19.5 Å². The van der Waals surface area contributed by atoms with Crippen molar-refractivity contribution in [2.75, 3.05) is 49.9 Å². The number of nitrogens with one attached hydrogen (secondary N) is 3. The Morgan fingerprint density at radius 2 is 1.79 bits per heavy atom. The first-order valence-electron chi connectivity index (χ1n) is 23.5. The zero-order valence-electron chi connectivity index (χ0n) is 38.6. The van der Waals surface area contributed by atoms with E-state index in [0.717, 1.165) is 91.2 Å². The van der Waals surface area contributed by atoms with Gasteiger partial charge in [0, 0.05) is 95.3 Å². The first-order valence-corrected chi connectivity index (χ1v) is 24.3. The number of amides is 4. The summed E-state index contributed by atoms with van der Waals surface area (Å²) in [6.07, 6.45) is 15.9. The summed E-state index contributed by atoms with van der Waals surface area (Å²) in [7, 11) is 0. The second kappa shape index (κ2) is 18.0. The maximum Gasteiger partial charge on any atom is 0.318 e. The van der Waals surface area contributed by atoms with Gasteiger partial charge in [-0.1, -0.05) is 51.0 Å². The third kappa shape index (κ3) is 8.85. The van der Waals surface area contributed by atoms with E-state index in [1.54, 1.807) is 34.4 Å². The number of likely N-dealkylation sites (tertiary alicyclic amines) is 3. The number of nitrogens with zero attached hydrogens (tertiary/aromatic N) is 5. The van der Waals surface area contributed by atoms with Gasteiger partial charge in [-0.05, 0) is 106 Å². The van der Waals surface area contributed by atoms with Crippen LogP contribution in [0.5, 0.6) is 5.75 Å². The Morgan fingerprint density at radius 1 is 1.06 bits per heavy atom. The summed E-state index contributed by atoms with van der Waals surface area (Å²) >= 11 is 1.80. The van der Waals surface area contributed by atoms with E-state index in [9.17, 15) is 19.5 Å². The van der Waals surface area contributed by atoms with Gasteiger partial charge in [0.05, 0.1) is 6.04 Å². The van der Waals surface area contributed by atoms with E-state index >= 15 is 0 Å². The van der Waals surface area contributed by atoms with Gasteiger partial charge in [-0.2, -0.15) is 0 Å². The lowest BCUT2D eigenvalue weighted by Gasteiger charge is -2.61. The number of terminal acetylenes is 1. The molecule has 5 aliphatic rings. The predicted octanol–water partition coefficient (Wildman–Crippen LogP) is 6.40. The molecule has 2 aromatic heterocycles. The Kier molecular flexibility index (Phi) is 12.3. The predicted molar refractivity (Wildman–Crippen MR) is 260 cm³/mol. The number of nitrogen functional groups attached to an aromatic ring is 1. The highest BCUT2D eigenvalue weighted by molar-refractivity contribution is 7.15. The molecule has 4 aliphatic heterocycles. The number of benzene rings is 2. The first kappa shape index (κ1) is 45.2. The van der Waals surface area contributed by atoms with Gasteiger partial charge in [-0.3, -0.25) is 9.59 Å². The number of phenolic OH excluding ortho intramolecular Hbond substituents is 1. The van der Waals surface area contributed by atoms with E-state index in [1.165, 1.54) is 4.88 Å². The number of aromatic hydroxyl groups is 1. The molecule has 14 nitrogen and oxygen atoms in total. The van der Waals surface area contributed by atoms with Crippen molar-refractivity contribution in [3.8, 4) is 18.1 Å². The van der Waals surface area contributed by atoms with Gasteiger partial charge in [0.25, 0.3) is 0 Å². The molecule has 3 saturated heterocycles. The van der Waals surface area contributed by atoms with Gasteiger partial charge in [0.15, 0.2) is 5.13 Å². The molecule has 9 rings (SSSR count). The van der Waals surface area contributed by atoms with Crippen LogP contribution in [0.1, 0.15) is 117 Å². The first-order chi connectivity index (χ1) is 31.6. The van der Waals surface area contributed by atoms with Crippen LogP contribution in [0.15, 0.2) is 54.7 Å². The summed E-state index contributed by atoms with van der Waals surface area (Å²) in [6, 6.07) is 13.6. The average molecular weight is 913 g/mol. The van der Waals surface area contributed by atoms with Gasteiger partial charge in [-0.25, -0.2) is 9.78 Å². The molecule has 6 heterocycles. The summed E-state index contributed by atoms with van der Waals surface area (Å²) in [6.45, 7) is 13.2. The van der Waals surface area contributed by atoms with Crippen LogP contribution in [-0.2, 0) is 22.6 Å². The number of nitrogens with two attached hydrogens (primary N) is 2. The van der Waals surface area contributed by atoms with E-state index in [4.69, 9.17) is 22.9 Å². The number of rotatable bonds is 10. The highest BCUT2D eigenvalue weighted by Gasteiger charge is 2.56. The number of aromatic nitrogens is 2. The van der Waals surface area contributed by atoms with E-state index in [0.29, 0.717) is 61.6 Å². The Hall–Kier alpha value is -5.98. The molecule has 1 saturated carbocycles. The number of aromatic amines is 1. The number of anilines is 2. The Morgan fingerprint density at radius 3 is 2.48 bits per heavy atom. The van der Waals surface area contributed by atoms with Crippen LogP contribution in [0.4, 0.5) is 15.7 Å². The molecule has 0 radical (unpaired) electrons. The Labute approximate surface area is 392 Å². The molecule has 348 valence electrons. The molecule has 0 bridgehead atoms. The van der Waals surface area contributed by atoms with Crippen molar-refractivity contribution in [2.24, 2.45) is 16.6 Å². The highest BCUT2D eigenvalue weighted by atomic mass is 32.1. The van der Waals surface area contributed by atoms with Crippen molar-refractivity contribution in [3.63, 3.8) is 0 Å². The minimum atomic E-state index is -0.761. The second-order valence-corrected chi connectivity index (χ2v) is 21.4. The van der Waals surface area contributed by atoms with Gasteiger partial charge in [0.2, 0.25) is 11.8 Å². The molecule has 2 aromatic carbocycles. The zero-order valence-corrected chi connectivity index (χ0v) is 39.4. The Balaban J connectivity index is 0.741. The maximum absolute atomic E-state index is 14.1. The van der Waals surface area contributed by atoms with Crippen LogP contribution < -0.4 is 27.0 Å². The average Bonchev–Trinajstić information content (AvgIpc) is 4.04. The fraction of sp³-hybridized carbons (Fsp3) is 0.490. The van der Waals surface area contributed by atoms with E-state index < -0.39 is 17.5 Å². The molecule has 3 unspecified atom stereocenters. The fourth-order valence-corrected chi connectivity index (χ4v) is 12.3. The largest absolute Gasteiger partial charge is 0.507 e. The molecule has 4 aromatic rings. The molecule has 4 amide bonds. The molecular formula is C51H64N10O4S. The third-order valence-corrected chi connectivity index (χ3v) is 16.1. The lowest BCUT2D eigenvalue weighted by atomic mass is 9.60. The molecule has 3 atom stereocenters. The van der Waals surface area contributed by atoms with E-state index in [1.807, 2.05) is 62.1 Å². The lowest BCUT2D eigenvalue weighted by Crippen LogP contribution is -2.70. The second-order valence-electron chi connectivity index (χ2n) is 20.4. The maximum atomic E-state index is 14.1. The number of hydrogen-bond donors (Lipinski definition) is 6. The number of para-hydroxylation sites is 1. The number of phenols is 1. The quantitative estimate of drug-likeness (QED) is 0.0980. The van der Waals surface area contributed by atoms with Crippen LogP contribution in [0, 0.1) is 23.2 Å².